The summed E-state index contributed by atoms with van der Waals surface area (Å²) >= 11 is 0. The summed E-state index contributed by atoms with van der Waals surface area (Å²) in [5.74, 6) is 0.713. The van der Waals surface area contributed by atoms with Crippen LogP contribution in [0.1, 0.15) is 36.9 Å². The van der Waals surface area contributed by atoms with E-state index in [-0.39, 0.29) is 6.04 Å². The summed E-state index contributed by atoms with van der Waals surface area (Å²) in [7, 11) is 0. The summed E-state index contributed by atoms with van der Waals surface area (Å²) in [6, 6.07) is 10.7. The van der Waals surface area contributed by atoms with Crippen LogP contribution in [0, 0.1) is 24.2 Å². The topological polar surface area (TPSA) is 27.0 Å². The number of aryl methyl sites for hydroxylation is 1. The van der Waals surface area contributed by atoms with Gasteiger partial charge < -0.3 is 0 Å². The summed E-state index contributed by atoms with van der Waals surface area (Å²) in [5.41, 5.74) is 2.38. The van der Waals surface area contributed by atoms with Crippen molar-refractivity contribution in [3.05, 3.63) is 35.4 Å². The third-order valence-electron chi connectivity index (χ3n) is 3.57. The minimum atomic E-state index is -0.0710. The Hall–Kier alpha value is -1.33. The van der Waals surface area contributed by atoms with E-state index in [0.717, 1.165) is 18.7 Å². The van der Waals surface area contributed by atoms with Crippen LogP contribution in [0.25, 0.3) is 0 Å². The minimum absolute atomic E-state index is 0.0710. The first-order chi connectivity index (χ1) is 8.20. The lowest BCUT2D eigenvalue weighted by molar-refractivity contribution is 0.156. The van der Waals surface area contributed by atoms with Crippen molar-refractivity contribution in [1.29, 1.82) is 5.26 Å². The normalized spacial score (nSPS) is 23.0. The Morgan fingerprint density at radius 3 is 2.65 bits per heavy atom. The van der Waals surface area contributed by atoms with Gasteiger partial charge in [0.15, 0.2) is 0 Å². The van der Waals surface area contributed by atoms with Gasteiger partial charge in [0.25, 0.3) is 0 Å². The number of nitrogens with zero attached hydrogens (tertiary/aromatic N) is 2. The highest BCUT2D eigenvalue weighted by Gasteiger charge is 2.24. The average molecular weight is 228 g/mol. The highest BCUT2D eigenvalue weighted by molar-refractivity contribution is 5.27. The standard InChI is InChI=1S/C15H20N2/c1-12-5-7-14(8-6-12)15(10-16)17-9-3-4-13(2)11-17/h5-8,13,15H,3-4,9,11H2,1-2H3. The summed E-state index contributed by atoms with van der Waals surface area (Å²) in [6.45, 7) is 6.45. The molecule has 0 aliphatic carbocycles. The molecule has 2 heteroatoms. The molecule has 0 saturated carbocycles. The van der Waals surface area contributed by atoms with Crippen LogP contribution in [0.4, 0.5) is 0 Å². The van der Waals surface area contributed by atoms with E-state index >= 15 is 0 Å². The predicted molar refractivity (Wildman–Crippen MR) is 69.5 cm³/mol. The number of nitriles is 1. The molecular weight excluding hydrogens is 208 g/mol. The lowest BCUT2D eigenvalue weighted by atomic mass is 9.96. The van der Waals surface area contributed by atoms with Crippen LogP contribution in [0.3, 0.4) is 0 Å². The zero-order chi connectivity index (χ0) is 12.3. The van der Waals surface area contributed by atoms with Crippen LogP contribution in [-0.2, 0) is 0 Å². The van der Waals surface area contributed by atoms with E-state index in [9.17, 15) is 5.26 Å². The quantitative estimate of drug-likeness (QED) is 0.776. The molecule has 0 aromatic heterocycles. The molecule has 0 amide bonds. The van der Waals surface area contributed by atoms with E-state index in [1.54, 1.807) is 0 Å². The van der Waals surface area contributed by atoms with E-state index < -0.39 is 0 Å². The van der Waals surface area contributed by atoms with E-state index in [0.29, 0.717) is 5.92 Å². The Morgan fingerprint density at radius 2 is 2.06 bits per heavy atom. The second kappa shape index (κ2) is 5.33. The van der Waals surface area contributed by atoms with Crippen molar-refractivity contribution in [3.63, 3.8) is 0 Å². The predicted octanol–water partition coefficient (Wildman–Crippen LogP) is 3.29. The first-order valence-electron chi connectivity index (χ1n) is 6.41. The third-order valence-corrected chi connectivity index (χ3v) is 3.57. The smallest absolute Gasteiger partial charge is 0.123 e. The molecule has 2 unspecified atom stereocenters. The van der Waals surface area contributed by atoms with Crippen molar-refractivity contribution in [1.82, 2.24) is 4.90 Å². The SMILES string of the molecule is Cc1ccc(C(C#N)N2CCCC(C)C2)cc1. The molecule has 1 aromatic carbocycles. The van der Waals surface area contributed by atoms with E-state index in [4.69, 9.17) is 0 Å². The fourth-order valence-electron chi connectivity index (χ4n) is 2.58. The van der Waals surface area contributed by atoms with Crippen LogP contribution in [0.2, 0.25) is 0 Å². The summed E-state index contributed by atoms with van der Waals surface area (Å²) in [6.07, 6.45) is 2.51. The average Bonchev–Trinajstić information content (AvgIpc) is 2.33. The molecule has 0 bridgehead atoms. The maximum Gasteiger partial charge on any atom is 0.123 e. The van der Waals surface area contributed by atoms with Gasteiger partial charge in [-0.15, -0.1) is 0 Å². The first kappa shape index (κ1) is 12.1. The number of hydrogen-bond acceptors (Lipinski definition) is 2. The van der Waals surface area contributed by atoms with Gasteiger partial charge in [-0.2, -0.15) is 5.26 Å². The summed E-state index contributed by atoms with van der Waals surface area (Å²) in [4.78, 5) is 2.32. The number of likely N-dealkylation sites (tertiary alicyclic amines) is 1. The van der Waals surface area contributed by atoms with Crippen molar-refractivity contribution in [2.45, 2.75) is 32.7 Å². The Kier molecular flexibility index (Phi) is 3.81. The summed E-state index contributed by atoms with van der Waals surface area (Å²) < 4.78 is 0. The van der Waals surface area contributed by atoms with Crippen LogP contribution in [-0.4, -0.2) is 18.0 Å². The highest BCUT2D eigenvalue weighted by atomic mass is 15.2. The van der Waals surface area contributed by atoms with Gasteiger partial charge in [0.2, 0.25) is 0 Å². The molecule has 1 aromatic rings. The van der Waals surface area contributed by atoms with Gasteiger partial charge in [-0.3, -0.25) is 4.90 Å². The van der Waals surface area contributed by atoms with Crippen LogP contribution < -0.4 is 0 Å². The van der Waals surface area contributed by atoms with Gasteiger partial charge >= 0.3 is 0 Å². The number of rotatable bonds is 2. The van der Waals surface area contributed by atoms with Crippen LogP contribution in [0.5, 0.6) is 0 Å². The zero-order valence-corrected chi connectivity index (χ0v) is 10.7. The molecule has 0 N–H and O–H groups in total. The molecule has 2 rings (SSSR count). The van der Waals surface area contributed by atoms with Gasteiger partial charge in [0.05, 0.1) is 6.07 Å². The fraction of sp³-hybridized carbons (Fsp3) is 0.533. The molecule has 2 atom stereocenters. The van der Waals surface area contributed by atoms with Gasteiger partial charge in [-0.1, -0.05) is 36.8 Å². The number of hydrogen-bond donors (Lipinski definition) is 0. The summed E-state index contributed by atoms with van der Waals surface area (Å²) in [5, 5.41) is 9.40. The zero-order valence-electron chi connectivity index (χ0n) is 10.7. The maximum atomic E-state index is 9.40. The molecule has 0 radical (unpaired) electrons. The van der Waals surface area contributed by atoms with Crippen molar-refractivity contribution in [2.75, 3.05) is 13.1 Å². The van der Waals surface area contributed by atoms with Gasteiger partial charge in [0, 0.05) is 6.54 Å². The largest absolute Gasteiger partial charge is 0.284 e. The Morgan fingerprint density at radius 1 is 1.35 bits per heavy atom. The Labute approximate surface area is 104 Å². The minimum Gasteiger partial charge on any atom is -0.284 e. The third kappa shape index (κ3) is 2.87. The van der Waals surface area contributed by atoms with Gasteiger partial charge in [-0.25, -0.2) is 0 Å². The molecule has 1 aliphatic heterocycles. The number of benzene rings is 1. The highest BCUT2D eigenvalue weighted by Crippen LogP contribution is 2.26. The van der Waals surface area contributed by atoms with Gasteiger partial charge in [0.1, 0.15) is 6.04 Å². The molecule has 1 fully saturated rings. The van der Waals surface area contributed by atoms with Crippen LogP contribution >= 0.6 is 0 Å². The first-order valence-corrected chi connectivity index (χ1v) is 6.41. The van der Waals surface area contributed by atoms with Crippen molar-refractivity contribution in [3.8, 4) is 6.07 Å². The van der Waals surface area contributed by atoms with Crippen molar-refractivity contribution in [2.24, 2.45) is 5.92 Å². The second-order valence-electron chi connectivity index (χ2n) is 5.18. The Balaban J connectivity index is 2.16. The molecule has 0 spiro atoms. The lowest BCUT2D eigenvalue weighted by Gasteiger charge is -2.34. The molecule has 1 saturated heterocycles. The number of piperidine rings is 1. The molecular formula is C15H20N2. The van der Waals surface area contributed by atoms with Crippen LogP contribution in [0.15, 0.2) is 24.3 Å². The molecule has 1 heterocycles. The molecule has 1 aliphatic rings. The Bertz CT molecular complexity index is 402. The van der Waals surface area contributed by atoms with E-state index in [1.807, 2.05) is 0 Å². The second-order valence-corrected chi connectivity index (χ2v) is 5.18. The van der Waals surface area contributed by atoms with Gasteiger partial charge in [-0.05, 0) is 37.8 Å². The monoisotopic (exact) mass is 228 g/mol. The van der Waals surface area contributed by atoms with E-state index in [1.165, 1.54) is 18.4 Å². The van der Waals surface area contributed by atoms with E-state index in [2.05, 4.69) is 49.1 Å². The molecule has 90 valence electrons. The fourth-order valence-corrected chi connectivity index (χ4v) is 2.58. The molecule has 2 nitrogen and oxygen atoms in total. The van der Waals surface area contributed by atoms with Crippen molar-refractivity contribution < 1.29 is 0 Å². The lowest BCUT2D eigenvalue weighted by Crippen LogP contribution is -2.36. The maximum absolute atomic E-state index is 9.40. The van der Waals surface area contributed by atoms with Crippen molar-refractivity contribution >= 4 is 0 Å². The molecule has 17 heavy (non-hydrogen) atoms.